The molecule has 0 spiro atoms. The van der Waals surface area contributed by atoms with Crippen LogP contribution in [-0.2, 0) is 9.53 Å². The number of nitro groups is 1. The lowest BCUT2D eigenvalue weighted by Gasteiger charge is -2.09. The zero-order valence-electron chi connectivity index (χ0n) is 9.38. The standard InChI is InChI=1S/C11H11NO5/c1-7(13)8(2)17-11(14)9-3-5-10(6-4-9)12(15)16/h3-6,8H,1-2H3. The third-order valence-electron chi connectivity index (χ3n) is 2.17. The highest BCUT2D eigenvalue weighted by atomic mass is 16.6. The van der Waals surface area contributed by atoms with E-state index in [4.69, 9.17) is 4.74 Å². The van der Waals surface area contributed by atoms with Crippen LogP contribution < -0.4 is 0 Å². The third-order valence-corrected chi connectivity index (χ3v) is 2.17. The van der Waals surface area contributed by atoms with Gasteiger partial charge in [0.2, 0.25) is 0 Å². The maximum Gasteiger partial charge on any atom is 0.338 e. The van der Waals surface area contributed by atoms with Crippen LogP contribution in [0.5, 0.6) is 0 Å². The maximum absolute atomic E-state index is 11.5. The number of nitrogens with zero attached hydrogens (tertiary/aromatic N) is 1. The van der Waals surface area contributed by atoms with Gasteiger partial charge in [0.25, 0.3) is 5.69 Å². The molecule has 0 N–H and O–H groups in total. The average molecular weight is 237 g/mol. The van der Waals surface area contributed by atoms with Crippen molar-refractivity contribution in [2.75, 3.05) is 0 Å². The van der Waals surface area contributed by atoms with Crippen LogP contribution in [0.25, 0.3) is 0 Å². The number of Topliss-reactive ketones (excluding diaryl/α,β-unsaturated/α-hetero) is 1. The molecule has 0 bridgehead atoms. The number of non-ortho nitro benzene ring substituents is 1. The number of esters is 1. The molecule has 1 atom stereocenters. The lowest BCUT2D eigenvalue weighted by atomic mass is 10.2. The maximum atomic E-state index is 11.5. The molecule has 0 aliphatic heterocycles. The number of nitro benzene ring substituents is 1. The molecule has 1 aromatic carbocycles. The van der Waals surface area contributed by atoms with E-state index in [-0.39, 0.29) is 17.0 Å². The fourth-order valence-electron chi connectivity index (χ4n) is 1.03. The van der Waals surface area contributed by atoms with Gasteiger partial charge in [0.15, 0.2) is 11.9 Å². The van der Waals surface area contributed by atoms with E-state index < -0.39 is 17.0 Å². The molecule has 6 heteroatoms. The van der Waals surface area contributed by atoms with Gasteiger partial charge < -0.3 is 4.74 Å². The van der Waals surface area contributed by atoms with Crippen LogP contribution in [-0.4, -0.2) is 22.8 Å². The summed E-state index contributed by atoms with van der Waals surface area (Å²) in [7, 11) is 0. The summed E-state index contributed by atoms with van der Waals surface area (Å²) in [4.78, 5) is 32.2. The lowest BCUT2D eigenvalue weighted by Crippen LogP contribution is -2.21. The molecule has 0 aliphatic carbocycles. The van der Waals surface area contributed by atoms with Crippen LogP contribution in [0.2, 0.25) is 0 Å². The summed E-state index contributed by atoms with van der Waals surface area (Å²) in [5, 5.41) is 10.4. The lowest BCUT2D eigenvalue weighted by molar-refractivity contribution is -0.384. The van der Waals surface area contributed by atoms with Crippen molar-refractivity contribution in [3.8, 4) is 0 Å². The predicted molar refractivity (Wildman–Crippen MR) is 58.7 cm³/mol. The Bertz CT molecular complexity index is 451. The second-order valence-corrected chi connectivity index (χ2v) is 3.46. The Morgan fingerprint density at radius 1 is 1.29 bits per heavy atom. The van der Waals surface area contributed by atoms with Crippen LogP contribution in [0.3, 0.4) is 0 Å². The number of carbonyl (C=O) groups is 2. The van der Waals surface area contributed by atoms with Gasteiger partial charge in [-0.25, -0.2) is 4.79 Å². The average Bonchev–Trinajstić information content (AvgIpc) is 2.28. The van der Waals surface area contributed by atoms with Crippen molar-refractivity contribution in [3.63, 3.8) is 0 Å². The number of hydrogen-bond acceptors (Lipinski definition) is 5. The summed E-state index contributed by atoms with van der Waals surface area (Å²) in [6, 6.07) is 4.98. The molecule has 0 aromatic heterocycles. The molecular formula is C11H11NO5. The van der Waals surface area contributed by atoms with Gasteiger partial charge in [-0.1, -0.05) is 0 Å². The zero-order valence-corrected chi connectivity index (χ0v) is 9.38. The quantitative estimate of drug-likeness (QED) is 0.452. The second kappa shape index (κ2) is 5.20. The van der Waals surface area contributed by atoms with Gasteiger partial charge in [0.1, 0.15) is 0 Å². The molecule has 90 valence electrons. The zero-order chi connectivity index (χ0) is 13.0. The molecule has 6 nitrogen and oxygen atoms in total. The smallest absolute Gasteiger partial charge is 0.338 e. The molecule has 1 unspecified atom stereocenters. The molecule has 0 saturated carbocycles. The predicted octanol–water partition coefficient (Wildman–Crippen LogP) is 1.73. The Hall–Kier alpha value is -2.24. The van der Waals surface area contributed by atoms with Crippen LogP contribution in [0.15, 0.2) is 24.3 Å². The monoisotopic (exact) mass is 237 g/mol. The highest BCUT2D eigenvalue weighted by molar-refractivity contribution is 5.92. The van der Waals surface area contributed by atoms with Crippen molar-refractivity contribution >= 4 is 17.4 Å². The molecule has 0 fully saturated rings. The molecule has 0 heterocycles. The molecule has 1 aromatic rings. The highest BCUT2D eigenvalue weighted by Gasteiger charge is 2.16. The summed E-state index contributed by atoms with van der Waals surface area (Å²) in [6.45, 7) is 2.78. The number of ether oxygens (including phenoxy) is 1. The van der Waals surface area contributed by atoms with Crippen molar-refractivity contribution in [1.82, 2.24) is 0 Å². The minimum atomic E-state index is -0.822. The van der Waals surface area contributed by atoms with E-state index in [1.807, 2.05) is 0 Å². The Morgan fingerprint density at radius 2 is 1.82 bits per heavy atom. The first-order valence-electron chi connectivity index (χ1n) is 4.87. The van der Waals surface area contributed by atoms with E-state index in [9.17, 15) is 19.7 Å². The van der Waals surface area contributed by atoms with Crippen LogP contribution >= 0.6 is 0 Å². The van der Waals surface area contributed by atoms with Gasteiger partial charge in [0.05, 0.1) is 10.5 Å². The van der Waals surface area contributed by atoms with E-state index >= 15 is 0 Å². The highest BCUT2D eigenvalue weighted by Crippen LogP contribution is 2.13. The Morgan fingerprint density at radius 3 is 2.24 bits per heavy atom. The van der Waals surface area contributed by atoms with Crippen LogP contribution in [0, 0.1) is 10.1 Å². The van der Waals surface area contributed by atoms with Crippen molar-refractivity contribution in [2.45, 2.75) is 20.0 Å². The largest absolute Gasteiger partial charge is 0.451 e. The van der Waals surface area contributed by atoms with Crippen molar-refractivity contribution in [2.24, 2.45) is 0 Å². The summed E-state index contributed by atoms with van der Waals surface area (Å²) < 4.78 is 4.84. The third kappa shape index (κ3) is 3.37. The van der Waals surface area contributed by atoms with Crippen molar-refractivity contribution in [1.29, 1.82) is 0 Å². The fraction of sp³-hybridized carbons (Fsp3) is 0.273. The van der Waals surface area contributed by atoms with E-state index in [2.05, 4.69) is 0 Å². The van der Waals surface area contributed by atoms with Gasteiger partial charge in [-0.3, -0.25) is 14.9 Å². The minimum Gasteiger partial charge on any atom is -0.451 e. The molecule has 0 amide bonds. The Balaban J connectivity index is 2.77. The number of carbonyl (C=O) groups excluding carboxylic acids is 2. The SMILES string of the molecule is CC(=O)C(C)OC(=O)c1ccc([N+](=O)[O-])cc1. The molecule has 1 rings (SSSR count). The van der Waals surface area contributed by atoms with Crippen LogP contribution in [0.1, 0.15) is 24.2 Å². The van der Waals surface area contributed by atoms with Gasteiger partial charge in [-0.05, 0) is 26.0 Å². The van der Waals surface area contributed by atoms with E-state index in [0.717, 1.165) is 0 Å². The van der Waals surface area contributed by atoms with E-state index in [0.29, 0.717) is 0 Å². The van der Waals surface area contributed by atoms with E-state index in [1.165, 1.54) is 38.1 Å². The summed E-state index contributed by atoms with van der Waals surface area (Å²) in [5.74, 6) is -0.942. The number of hydrogen-bond donors (Lipinski definition) is 0. The first-order valence-corrected chi connectivity index (χ1v) is 4.87. The first-order chi connectivity index (χ1) is 7.91. The second-order valence-electron chi connectivity index (χ2n) is 3.46. The topological polar surface area (TPSA) is 86.5 Å². The Labute approximate surface area is 97.3 Å². The molecule has 17 heavy (non-hydrogen) atoms. The van der Waals surface area contributed by atoms with Gasteiger partial charge >= 0.3 is 5.97 Å². The molecule has 0 saturated heterocycles. The number of benzene rings is 1. The van der Waals surface area contributed by atoms with Crippen molar-refractivity contribution < 1.29 is 19.2 Å². The first kappa shape index (κ1) is 12.8. The molecule has 0 aliphatic rings. The number of rotatable bonds is 4. The molecule has 0 radical (unpaired) electrons. The summed E-state index contributed by atoms with van der Waals surface area (Å²) >= 11 is 0. The number of ketones is 1. The summed E-state index contributed by atoms with van der Waals surface area (Å²) in [5.41, 5.74) is 0.0601. The van der Waals surface area contributed by atoms with Crippen LogP contribution in [0.4, 0.5) is 5.69 Å². The van der Waals surface area contributed by atoms with E-state index in [1.54, 1.807) is 0 Å². The van der Waals surface area contributed by atoms with Gasteiger partial charge in [-0.15, -0.1) is 0 Å². The van der Waals surface area contributed by atoms with Crippen molar-refractivity contribution in [3.05, 3.63) is 39.9 Å². The normalized spacial score (nSPS) is 11.6. The summed E-state index contributed by atoms with van der Waals surface area (Å²) in [6.07, 6.45) is -0.822. The van der Waals surface area contributed by atoms with Gasteiger partial charge in [-0.2, -0.15) is 0 Å². The van der Waals surface area contributed by atoms with Gasteiger partial charge in [0, 0.05) is 12.1 Å². The Kier molecular flexibility index (Phi) is 3.92. The fourth-order valence-corrected chi connectivity index (χ4v) is 1.03. The minimum absolute atomic E-state index is 0.110. The molecular weight excluding hydrogens is 226 g/mol.